The zero-order valence-corrected chi connectivity index (χ0v) is 28.8. The first-order valence-corrected chi connectivity index (χ1v) is 17.9. The molecule has 1 N–H and O–H groups in total. The van der Waals surface area contributed by atoms with Crippen molar-refractivity contribution >= 4 is 55.1 Å². The molecule has 1 unspecified atom stereocenters. The molecule has 0 aromatic heterocycles. The monoisotopic (exact) mass is 721 g/mol. The molecule has 10 heteroatoms. The summed E-state index contributed by atoms with van der Waals surface area (Å²) in [6.07, 6.45) is 4.15. The van der Waals surface area contributed by atoms with Gasteiger partial charge in [-0.25, -0.2) is 8.42 Å². The molecule has 0 aliphatic heterocycles. The molecule has 0 heterocycles. The molecule has 46 heavy (non-hydrogen) atoms. The second kappa shape index (κ2) is 15.3. The van der Waals surface area contributed by atoms with Crippen molar-refractivity contribution in [2.24, 2.45) is 0 Å². The fraction of sp³-hybridized carbons (Fsp3) is 0.278. The number of carbonyl (C=O) groups excluding carboxylic acids is 2. The predicted molar refractivity (Wildman–Crippen MR) is 186 cm³/mol. The Labute approximate surface area is 284 Å². The third-order valence-corrected chi connectivity index (χ3v) is 10.9. The summed E-state index contributed by atoms with van der Waals surface area (Å²) in [4.78, 5) is 30.3. The molecule has 5 rings (SSSR count). The number of rotatable bonds is 12. The SMILES string of the molecule is Cc1ccccc1N(CC(=O)N(Cc1ccc(Br)cc1)C(Cc1ccccc1)C(=O)NC1CCCC1)S(=O)(=O)c1ccc(Cl)cc1. The average Bonchev–Trinajstić information content (AvgIpc) is 3.56. The highest BCUT2D eigenvalue weighted by atomic mass is 79.9. The van der Waals surface area contributed by atoms with Gasteiger partial charge in [0.05, 0.1) is 10.6 Å². The van der Waals surface area contributed by atoms with Crippen molar-refractivity contribution in [3.63, 3.8) is 0 Å². The van der Waals surface area contributed by atoms with Gasteiger partial charge in [-0.3, -0.25) is 13.9 Å². The summed E-state index contributed by atoms with van der Waals surface area (Å²) in [7, 11) is -4.20. The van der Waals surface area contributed by atoms with E-state index in [9.17, 15) is 18.0 Å². The number of nitrogens with zero attached hydrogens (tertiary/aromatic N) is 2. The van der Waals surface area contributed by atoms with E-state index in [-0.39, 0.29) is 29.8 Å². The van der Waals surface area contributed by atoms with Crippen molar-refractivity contribution in [3.8, 4) is 0 Å². The van der Waals surface area contributed by atoms with Gasteiger partial charge in [-0.1, -0.05) is 101 Å². The first-order chi connectivity index (χ1) is 22.1. The van der Waals surface area contributed by atoms with Gasteiger partial charge in [0.1, 0.15) is 12.6 Å². The quantitative estimate of drug-likeness (QED) is 0.166. The molecule has 1 aliphatic rings. The third-order valence-electron chi connectivity index (χ3n) is 8.30. The Kier molecular flexibility index (Phi) is 11.2. The number of hydrogen-bond acceptors (Lipinski definition) is 4. The van der Waals surface area contributed by atoms with Crippen LogP contribution in [-0.4, -0.2) is 43.8 Å². The zero-order valence-electron chi connectivity index (χ0n) is 25.6. The van der Waals surface area contributed by atoms with Crippen molar-refractivity contribution in [3.05, 3.63) is 129 Å². The summed E-state index contributed by atoms with van der Waals surface area (Å²) < 4.78 is 30.4. The maximum Gasteiger partial charge on any atom is 0.264 e. The van der Waals surface area contributed by atoms with E-state index in [0.29, 0.717) is 16.3 Å². The highest BCUT2D eigenvalue weighted by Crippen LogP contribution is 2.29. The molecule has 7 nitrogen and oxygen atoms in total. The number of carbonyl (C=O) groups is 2. The minimum absolute atomic E-state index is 0.00669. The molecule has 0 saturated heterocycles. The van der Waals surface area contributed by atoms with Gasteiger partial charge in [-0.2, -0.15) is 0 Å². The zero-order chi connectivity index (χ0) is 32.7. The number of anilines is 1. The standard InChI is InChI=1S/C36H37BrClN3O4S/c1-26-9-5-8-14-33(26)41(46(44,45)32-21-19-30(38)20-22-32)25-35(42)40(24-28-15-17-29(37)18-16-28)34(23-27-10-3-2-4-11-27)36(43)39-31-12-6-7-13-31/h2-5,8-11,14-22,31,34H,6-7,12-13,23-25H2,1H3,(H,39,43). The molecule has 1 fully saturated rings. The third kappa shape index (κ3) is 8.37. The largest absolute Gasteiger partial charge is 0.352 e. The van der Waals surface area contributed by atoms with E-state index in [1.54, 1.807) is 25.1 Å². The van der Waals surface area contributed by atoms with Gasteiger partial charge < -0.3 is 10.2 Å². The van der Waals surface area contributed by atoms with E-state index in [2.05, 4.69) is 21.2 Å². The molecule has 0 spiro atoms. The Bertz CT molecular complexity index is 1750. The molecule has 1 atom stereocenters. The van der Waals surface area contributed by atoms with Crippen LogP contribution in [0.3, 0.4) is 0 Å². The summed E-state index contributed by atoms with van der Waals surface area (Å²) in [6, 6.07) is 29.2. The van der Waals surface area contributed by atoms with Crippen molar-refractivity contribution < 1.29 is 18.0 Å². The lowest BCUT2D eigenvalue weighted by molar-refractivity contribution is -0.140. The lowest BCUT2D eigenvalue weighted by atomic mass is 10.0. The number of benzene rings is 4. The first kappa shape index (κ1) is 33.7. The fourth-order valence-corrected chi connectivity index (χ4v) is 7.67. The topological polar surface area (TPSA) is 86.8 Å². The number of aryl methyl sites for hydroxylation is 1. The number of nitrogens with one attached hydrogen (secondary N) is 1. The van der Waals surface area contributed by atoms with Crippen molar-refractivity contribution in [2.75, 3.05) is 10.8 Å². The van der Waals surface area contributed by atoms with Gasteiger partial charge in [0.15, 0.2) is 0 Å². The minimum atomic E-state index is -4.20. The Balaban J connectivity index is 1.57. The van der Waals surface area contributed by atoms with Crippen molar-refractivity contribution in [1.82, 2.24) is 10.2 Å². The Morgan fingerprint density at radius 3 is 2.15 bits per heavy atom. The van der Waals surface area contributed by atoms with E-state index in [1.807, 2.05) is 60.7 Å². The number of halogens is 2. The Morgan fingerprint density at radius 2 is 1.50 bits per heavy atom. The van der Waals surface area contributed by atoms with Gasteiger partial charge in [-0.05, 0) is 78.9 Å². The Hall–Kier alpha value is -3.66. The second-order valence-corrected chi connectivity index (χ2v) is 14.8. The van der Waals surface area contributed by atoms with E-state index < -0.39 is 28.5 Å². The molecule has 4 aromatic rings. The van der Waals surface area contributed by atoms with Gasteiger partial charge in [0.25, 0.3) is 10.0 Å². The molecule has 1 aliphatic carbocycles. The molecule has 1 saturated carbocycles. The molecular weight excluding hydrogens is 686 g/mol. The molecule has 0 bridgehead atoms. The van der Waals surface area contributed by atoms with Gasteiger partial charge >= 0.3 is 0 Å². The average molecular weight is 723 g/mol. The van der Waals surface area contributed by atoms with E-state index in [0.717, 1.165) is 45.6 Å². The summed E-state index contributed by atoms with van der Waals surface area (Å²) in [5, 5.41) is 3.60. The molecule has 0 radical (unpaired) electrons. The summed E-state index contributed by atoms with van der Waals surface area (Å²) in [5.74, 6) is -0.740. The van der Waals surface area contributed by atoms with Crippen LogP contribution in [0.4, 0.5) is 5.69 Å². The van der Waals surface area contributed by atoms with E-state index >= 15 is 0 Å². The lowest BCUT2D eigenvalue weighted by Gasteiger charge is -2.34. The van der Waals surface area contributed by atoms with Crippen LogP contribution in [0.25, 0.3) is 0 Å². The first-order valence-electron chi connectivity index (χ1n) is 15.3. The smallest absolute Gasteiger partial charge is 0.264 e. The maximum absolute atomic E-state index is 14.6. The van der Waals surface area contributed by atoms with E-state index in [4.69, 9.17) is 11.6 Å². The minimum Gasteiger partial charge on any atom is -0.352 e. The van der Waals surface area contributed by atoms with Crippen LogP contribution >= 0.6 is 27.5 Å². The van der Waals surface area contributed by atoms with Crippen LogP contribution in [0, 0.1) is 6.92 Å². The highest BCUT2D eigenvalue weighted by molar-refractivity contribution is 9.10. The number of para-hydroxylation sites is 1. The lowest BCUT2D eigenvalue weighted by Crippen LogP contribution is -2.54. The summed E-state index contributed by atoms with van der Waals surface area (Å²) in [5.41, 5.74) is 2.77. The van der Waals surface area contributed by atoms with E-state index in [1.165, 1.54) is 29.2 Å². The van der Waals surface area contributed by atoms with Crippen LogP contribution in [0.2, 0.25) is 5.02 Å². The Morgan fingerprint density at radius 1 is 0.870 bits per heavy atom. The fourth-order valence-electron chi connectivity index (χ4n) is 5.80. The highest BCUT2D eigenvalue weighted by Gasteiger charge is 2.36. The molecule has 240 valence electrons. The number of hydrogen-bond donors (Lipinski definition) is 1. The molecule has 4 aromatic carbocycles. The second-order valence-electron chi connectivity index (χ2n) is 11.6. The van der Waals surface area contributed by atoms with Gasteiger partial charge in [-0.15, -0.1) is 0 Å². The number of sulfonamides is 1. The van der Waals surface area contributed by atoms with Crippen LogP contribution in [-0.2, 0) is 32.6 Å². The predicted octanol–water partition coefficient (Wildman–Crippen LogP) is 7.31. The maximum atomic E-state index is 14.6. The van der Waals surface area contributed by atoms with Gasteiger partial charge in [0.2, 0.25) is 11.8 Å². The van der Waals surface area contributed by atoms with Crippen molar-refractivity contribution in [2.45, 2.75) is 62.6 Å². The van der Waals surface area contributed by atoms with Crippen LogP contribution in [0.5, 0.6) is 0 Å². The molecular formula is C36H37BrClN3O4S. The number of amides is 2. The van der Waals surface area contributed by atoms with Gasteiger partial charge in [0, 0.05) is 28.5 Å². The van der Waals surface area contributed by atoms with Crippen molar-refractivity contribution in [1.29, 1.82) is 0 Å². The van der Waals surface area contributed by atoms with Crippen LogP contribution in [0.15, 0.2) is 112 Å². The van der Waals surface area contributed by atoms with Crippen LogP contribution in [0.1, 0.15) is 42.4 Å². The summed E-state index contributed by atoms with van der Waals surface area (Å²) in [6.45, 7) is 1.41. The molecule has 2 amide bonds. The normalized spacial score (nSPS) is 14.1. The summed E-state index contributed by atoms with van der Waals surface area (Å²) >= 11 is 9.55. The van der Waals surface area contributed by atoms with Crippen LogP contribution < -0.4 is 9.62 Å².